The molecule has 1 aliphatic heterocycles. The Kier molecular flexibility index (Phi) is 6.08. The van der Waals surface area contributed by atoms with E-state index in [0.717, 1.165) is 6.71 Å². The van der Waals surface area contributed by atoms with E-state index in [1.807, 2.05) is 18.1 Å². The molecule has 0 nitrogen and oxygen atoms in total. The maximum absolute atomic E-state index is 2.66. The number of hydrogen-bond donors (Lipinski definition) is 0. The van der Waals surface area contributed by atoms with E-state index < -0.39 is 18.4 Å². The Morgan fingerprint density at radius 2 is 1.11 bits per heavy atom. The number of rotatable bonds is 5. The molecule has 0 saturated carbocycles. The van der Waals surface area contributed by atoms with Gasteiger partial charge in [-0.25, -0.2) is 0 Å². The fourth-order valence-corrected chi connectivity index (χ4v) is 17.0. The molecule has 0 fully saturated rings. The fraction of sp³-hybridized carbons (Fsp3) is 0.750. The van der Waals surface area contributed by atoms with Crippen LogP contribution in [-0.4, -0.2) is 25.1 Å². The summed E-state index contributed by atoms with van der Waals surface area (Å²) < 4.78 is 3.88. The first-order valence-corrected chi connectivity index (χ1v) is 16.5. The van der Waals surface area contributed by atoms with Crippen LogP contribution in [0.2, 0.25) is 16.2 Å². The van der Waals surface area contributed by atoms with Crippen molar-refractivity contribution in [1.82, 2.24) is 0 Å². The van der Waals surface area contributed by atoms with Gasteiger partial charge in [-0.2, -0.15) is 0 Å². The Labute approximate surface area is 119 Å². The van der Waals surface area contributed by atoms with Gasteiger partial charge in [-0.3, -0.25) is 0 Å². The molecule has 18 heavy (non-hydrogen) atoms. The van der Waals surface area contributed by atoms with Gasteiger partial charge in [-0.15, -0.1) is 0 Å². The normalized spacial score (nSPS) is 19.8. The van der Waals surface area contributed by atoms with Gasteiger partial charge in [-0.05, 0) is 0 Å². The molecule has 0 bridgehead atoms. The van der Waals surface area contributed by atoms with Crippen LogP contribution in [0.5, 0.6) is 0 Å². The third-order valence-corrected chi connectivity index (χ3v) is 17.5. The van der Waals surface area contributed by atoms with E-state index in [9.17, 15) is 0 Å². The van der Waals surface area contributed by atoms with Crippen molar-refractivity contribution in [2.24, 2.45) is 0 Å². The van der Waals surface area contributed by atoms with Crippen molar-refractivity contribution in [3.8, 4) is 0 Å². The van der Waals surface area contributed by atoms with Gasteiger partial charge in [0, 0.05) is 0 Å². The quantitative estimate of drug-likeness (QED) is 0.564. The van der Waals surface area contributed by atoms with E-state index in [4.69, 9.17) is 0 Å². The predicted octanol–water partition coefficient (Wildman–Crippen LogP) is 5.61. The molecule has 1 aliphatic rings. The third kappa shape index (κ3) is 2.62. The van der Waals surface area contributed by atoms with Crippen LogP contribution in [-0.2, 0) is 0 Å². The molecule has 0 N–H and O–H groups in total. The second-order valence-corrected chi connectivity index (χ2v) is 18.7. The minimum atomic E-state index is -2.14. The van der Waals surface area contributed by atoms with Crippen LogP contribution in [0.1, 0.15) is 60.3 Å². The second kappa shape index (κ2) is 6.68. The summed E-state index contributed by atoms with van der Waals surface area (Å²) in [6.45, 7) is 12.7. The van der Waals surface area contributed by atoms with Crippen LogP contribution in [0.25, 0.3) is 0 Å². The van der Waals surface area contributed by atoms with Crippen molar-refractivity contribution in [3.63, 3.8) is 0 Å². The van der Waals surface area contributed by atoms with Crippen molar-refractivity contribution in [1.29, 1.82) is 0 Å². The van der Waals surface area contributed by atoms with Gasteiger partial charge in [0.2, 0.25) is 0 Å². The number of hydrogen-bond acceptors (Lipinski definition) is 0. The van der Waals surface area contributed by atoms with Gasteiger partial charge in [0.25, 0.3) is 0 Å². The summed E-state index contributed by atoms with van der Waals surface area (Å²) in [6.07, 6.45) is 6.48. The van der Waals surface area contributed by atoms with Crippen molar-refractivity contribution in [3.05, 3.63) is 18.1 Å². The van der Waals surface area contributed by atoms with Crippen LogP contribution in [0.15, 0.2) is 18.1 Å². The zero-order valence-corrected chi connectivity index (χ0v) is 16.5. The molecule has 102 valence electrons. The molecule has 0 unspecified atom stereocenters. The summed E-state index contributed by atoms with van der Waals surface area (Å²) in [6, 6.07) is 0. The van der Waals surface area contributed by atoms with Crippen LogP contribution < -0.4 is 0 Å². The van der Waals surface area contributed by atoms with Crippen molar-refractivity contribution in [2.75, 3.05) is 0 Å². The molecule has 0 radical (unpaired) electrons. The Bertz CT molecular complexity index is 331. The van der Waals surface area contributed by atoms with E-state index in [0.29, 0.717) is 0 Å². The Morgan fingerprint density at radius 3 is 1.33 bits per heavy atom. The molecule has 0 atom stereocenters. The summed E-state index contributed by atoms with van der Waals surface area (Å²) in [7, 11) is 0. The SMILES string of the molecule is CCB1C(CC)=[C](CC)[Sn]([CH3])([CH3])[C](CC)=C1CC. The summed E-state index contributed by atoms with van der Waals surface area (Å²) in [5.41, 5.74) is 3.68. The molecule has 0 aromatic rings. The average Bonchev–Trinajstić information content (AvgIpc) is 2.35. The van der Waals surface area contributed by atoms with E-state index in [2.05, 4.69) is 44.5 Å². The Balaban J connectivity index is 3.47. The first kappa shape index (κ1) is 16.4. The van der Waals surface area contributed by atoms with Gasteiger partial charge in [0.1, 0.15) is 0 Å². The van der Waals surface area contributed by atoms with Gasteiger partial charge in [-0.1, -0.05) is 0 Å². The summed E-state index contributed by atoms with van der Waals surface area (Å²) in [5.74, 6) is 0. The van der Waals surface area contributed by atoms with Crippen molar-refractivity contribution < 1.29 is 0 Å². The minimum absolute atomic E-state index is 0.787. The van der Waals surface area contributed by atoms with E-state index in [1.165, 1.54) is 32.0 Å². The summed E-state index contributed by atoms with van der Waals surface area (Å²) in [5, 5.41) is 0. The molecule has 0 aromatic heterocycles. The van der Waals surface area contributed by atoms with E-state index >= 15 is 0 Å². The Hall–Kier alpha value is 0.344. The van der Waals surface area contributed by atoms with Crippen LogP contribution in [0.4, 0.5) is 0 Å². The fourth-order valence-electron chi connectivity index (χ4n) is 4.37. The van der Waals surface area contributed by atoms with E-state index in [1.54, 1.807) is 0 Å². The standard InChI is InChI=1S/C14H25B.2CH3.Sn/c1-6-11-13(8-3)15(10-5)14(9-4)12-7-2;;;/h6-10H2,1-5H3;2*1H3;. The zero-order chi connectivity index (χ0) is 13.9. The molecular formula is C16H31BSn. The average molecular weight is 353 g/mol. The van der Waals surface area contributed by atoms with E-state index in [-0.39, 0.29) is 0 Å². The van der Waals surface area contributed by atoms with Crippen LogP contribution in [0.3, 0.4) is 0 Å². The van der Waals surface area contributed by atoms with Gasteiger partial charge >= 0.3 is 120 Å². The predicted molar refractivity (Wildman–Crippen MR) is 88.9 cm³/mol. The van der Waals surface area contributed by atoms with Gasteiger partial charge in [0.15, 0.2) is 0 Å². The van der Waals surface area contributed by atoms with Crippen molar-refractivity contribution >= 4 is 25.1 Å². The van der Waals surface area contributed by atoms with Crippen LogP contribution in [0, 0.1) is 0 Å². The molecular weight excluding hydrogens is 322 g/mol. The molecule has 0 spiro atoms. The number of allylic oxidation sites excluding steroid dienone is 4. The molecule has 2 heteroatoms. The molecule has 0 amide bonds. The molecule has 0 aromatic carbocycles. The van der Waals surface area contributed by atoms with Crippen LogP contribution >= 0.6 is 0 Å². The zero-order valence-electron chi connectivity index (χ0n) is 13.6. The summed E-state index contributed by atoms with van der Waals surface area (Å²) in [4.78, 5) is 5.31. The second-order valence-electron chi connectivity index (χ2n) is 6.01. The maximum atomic E-state index is 2.66. The van der Waals surface area contributed by atoms with Gasteiger partial charge < -0.3 is 0 Å². The monoisotopic (exact) mass is 354 g/mol. The molecule has 0 aliphatic carbocycles. The van der Waals surface area contributed by atoms with Crippen molar-refractivity contribution in [2.45, 2.75) is 76.5 Å². The summed E-state index contributed by atoms with van der Waals surface area (Å²) >= 11 is -2.14. The molecule has 0 saturated heterocycles. The third-order valence-electron chi connectivity index (χ3n) is 5.00. The van der Waals surface area contributed by atoms with Gasteiger partial charge in [0.05, 0.1) is 0 Å². The first-order valence-electron chi connectivity index (χ1n) is 7.94. The topological polar surface area (TPSA) is 0 Å². The molecule has 1 heterocycles. The Morgan fingerprint density at radius 1 is 0.722 bits per heavy atom. The molecule has 1 rings (SSSR count). The first-order chi connectivity index (χ1) is 8.49.